The van der Waals surface area contributed by atoms with Crippen molar-refractivity contribution in [3.63, 3.8) is 0 Å². The van der Waals surface area contributed by atoms with Crippen LogP contribution in [0.3, 0.4) is 0 Å². The Morgan fingerprint density at radius 2 is 1.20 bits per heavy atom. The van der Waals surface area contributed by atoms with Crippen molar-refractivity contribution >= 4 is 74.4 Å². The van der Waals surface area contributed by atoms with E-state index in [1.807, 2.05) is 42.5 Å². The number of carbonyl (C=O) groups is 1. The predicted octanol–water partition coefficient (Wildman–Crippen LogP) is 12.2. The smallest absolute Gasteiger partial charge is 0.183 e. The van der Waals surface area contributed by atoms with Gasteiger partial charge < -0.3 is 16.4 Å². The number of likely N-dealkylation sites (tertiary alicyclic amines) is 2. The molecule has 1 aromatic heterocycles. The van der Waals surface area contributed by atoms with E-state index in [1.54, 1.807) is 11.3 Å². The van der Waals surface area contributed by atoms with Crippen LogP contribution in [0.25, 0.3) is 0 Å². The first kappa shape index (κ1) is 48.4. The van der Waals surface area contributed by atoms with Gasteiger partial charge in [0.15, 0.2) is 16.0 Å². The van der Waals surface area contributed by atoms with Gasteiger partial charge in [-0.15, -0.1) is 22.9 Å². The van der Waals surface area contributed by atoms with Gasteiger partial charge in [-0.25, -0.2) is 4.98 Å². The molecule has 4 N–H and O–H groups in total. The zero-order valence-electron chi connectivity index (χ0n) is 36.8. The van der Waals surface area contributed by atoms with Crippen molar-refractivity contribution in [2.75, 3.05) is 37.4 Å². The number of hydrogen-bond acceptors (Lipinski definition) is 7. The summed E-state index contributed by atoms with van der Waals surface area (Å²) in [5, 5.41) is 12.1. The second kappa shape index (κ2) is 23.8. The number of thiazole rings is 1. The van der Waals surface area contributed by atoms with Crippen LogP contribution >= 0.6 is 58.4 Å². The largest absolute Gasteiger partial charge is 0.376 e. The molecule has 0 bridgehead atoms. The van der Waals surface area contributed by atoms with Crippen LogP contribution in [0.4, 0.5) is 5.13 Å². The number of alkyl halides is 1. The summed E-state index contributed by atoms with van der Waals surface area (Å²) in [6.45, 7) is 6.38. The number of ketones is 1. The fraction of sp³-hybridized carbons (Fsp3) is 0.442. The average Bonchev–Trinajstić information content (AvgIpc) is 4.10. The van der Waals surface area contributed by atoms with Crippen LogP contribution in [-0.2, 0) is 28.7 Å². The standard InChI is InChI=1S/C26H30ClN3S.C14H16Cl2O.C12H17N3S/c27-22-11-9-21(10-12-22)26(14-5-2-6-15-26)24-19-31-25(29-24)28-23-13-16-30(18-23)17-20-7-3-1-4-8-20;15-10-13(17)14(8-2-1-3-9-14)11-4-6-12(16)7-5-11;13-12(16)14-11-6-7-15(9-11)8-10-4-2-1-3-5-10/h1,3-4,7-12,19,23H,2,5-6,13-18H2,(H,28,29);4-7H,1-3,8-10H2;1-5,11H,6-9H2,(H3,13,14,16). The molecule has 4 aliphatic rings. The van der Waals surface area contributed by atoms with Crippen LogP contribution in [0, 0.1) is 0 Å². The van der Waals surface area contributed by atoms with Gasteiger partial charge >= 0.3 is 0 Å². The van der Waals surface area contributed by atoms with Crippen LogP contribution in [-0.4, -0.2) is 69.8 Å². The Morgan fingerprint density at radius 1 is 0.703 bits per heavy atom. The third kappa shape index (κ3) is 13.1. The summed E-state index contributed by atoms with van der Waals surface area (Å²) < 4.78 is 0. The van der Waals surface area contributed by atoms with E-state index in [-0.39, 0.29) is 22.5 Å². The van der Waals surface area contributed by atoms with Crippen LogP contribution in [0.15, 0.2) is 115 Å². The van der Waals surface area contributed by atoms with Gasteiger partial charge in [0.25, 0.3) is 0 Å². The molecule has 0 spiro atoms. The van der Waals surface area contributed by atoms with Crippen molar-refractivity contribution in [3.05, 3.63) is 153 Å². The minimum atomic E-state index is -0.357. The Hall–Kier alpha value is -3.54. The predicted molar refractivity (Wildman–Crippen MR) is 273 cm³/mol. The molecule has 2 atom stereocenters. The number of anilines is 1. The fourth-order valence-corrected chi connectivity index (χ4v) is 11.8. The first-order valence-electron chi connectivity index (χ1n) is 23.1. The second-order valence-electron chi connectivity index (χ2n) is 18.0. The van der Waals surface area contributed by atoms with Crippen molar-refractivity contribution in [1.29, 1.82) is 0 Å². The lowest BCUT2D eigenvalue weighted by molar-refractivity contribution is -0.123. The van der Waals surface area contributed by atoms with E-state index >= 15 is 0 Å². The zero-order chi connectivity index (χ0) is 44.8. The highest BCUT2D eigenvalue weighted by Crippen LogP contribution is 2.46. The van der Waals surface area contributed by atoms with Crippen molar-refractivity contribution in [1.82, 2.24) is 20.1 Å². The van der Waals surface area contributed by atoms with E-state index in [0.29, 0.717) is 22.2 Å². The van der Waals surface area contributed by atoms with Gasteiger partial charge in [0.05, 0.1) is 17.0 Å². The molecule has 5 aromatic rings. The monoisotopic (exact) mass is 956 g/mol. The summed E-state index contributed by atoms with van der Waals surface area (Å²) >= 11 is 24.5. The normalized spacial score (nSPS) is 20.5. The molecule has 4 fully saturated rings. The first-order chi connectivity index (χ1) is 31.1. The highest BCUT2D eigenvalue weighted by atomic mass is 35.5. The molecular weight excluding hydrogens is 895 g/mol. The number of nitrogens with zero attached hydrogens (tertiary/aromatic N) is 3. The Morgan fingerprint density at radius 3 is 1.73 bits per heavy atom. The Labute approximate surface area is 405 Å². The Bertz CT molecular complexity index is 2200. The molecule has 0 radical (unpaired) electrons. The van der Waals surface area contributed by atoms with Gasteiger partial charge in [0, 0.05) is 72.2 Å². The lowest BCUT2D eigenvalue weighted by atomic mass is 9.67. The minimum Gasteiger partial charge on any atom is -0.376 e. The fourth-order valence-electron chi connectivity index (χ4n) is 10.2. The summed E-state index contributed by atoms with van der Waals surface area (Å²) in [5.41, 5.74) is 11.6. The number of nitrogens with two attached hydrogens (primary N) is 1. The molecule has 7 nitrogen and oxygen atoms in total. The van der Waals surface area contributed by atoms with Gasteiger partial charge in [0.1, 0.15) is 0 Å². The van der Waals surface area contributed by atoms with Crippen LogP contribution in [0.2, 0.25) is 10.0 Å². The van der Waals surface area contributed by atoms with E-state index in [2.05, 4.69) is 92.5 Å². The summed E-state index contributed by atoms with van der Waals surface area (Å²) in [5.74, 6) is 0.254. The summed E-state index contributed by atoms with van der Waals surface area (Å²) in [6.07, 6.45) is 13.7. The van der Waals surface area contributed by atoms with Gasteiger partial charge in [0.2, 0.25) is 0 Å². The number of nitrogens with one attached hydrogen (secondary N) is 2. The number of hydrogen-bond donors (Lipinski definition) is 3. The van der Waals surface area contributed by atoms with Crippen molar-refractivity contribution in [2.24, 2.45) is 5.73 Å². The van der Waals surface area contributed by atoms with Crippen LogP contribution < -0.4 is 16.4 Å². The SMILES string of the molecule is Clc1ccc(C2(c3csc(NC4CCN(Cc5ccccc5)C4)n3)CCCCC2)cc1.NC(=S)NC1CCN(Cc2ccccc2)C1.O=C(CCl)C1(c2ccc(Cl)cc2)CCCCC1. The van der Waals surface area contributed by atoms with Gasteiger partial charge in [-0.2, -0.15) is 0 Å². The third-order valence-corrected chi connectivity index (χ3v) is 15.2. The third-order valence-electron chi connectivity index (χ3n) is 13.6. The number of aromatic nitrogens is 1. The molecule has 2 unspecified atom stereocenters. The van der Waals surface area contributed by atoms with E-state index in [4.69, 9.17) is 57.7 Å². The highest BCUT2D eigenvalue weighted by molar-refractivity contribution is 7.80. The van der Waals surface area contributed by atoms with Crippen LogP contribution in [0.1, 0.15) is 105 Å². The van der Waals surface area contributed by atoms with E-state index in [9.17, 15) is 4.79 Å². The number of thiocarbonyl (C=S) groups is 1. The van der Waals surface area contributed by atoms with Gasteiger partial charge in [-0.05, 0) is 97.3 Å². The molecular formula is C52H63Cl3N6OS2. The topological polar surface area (TPSA) is 86.5 Å². The molecule has 2 aliphatic heterocycles. The Kier molecular flexibility index (Phi) is 18.0. The molecule has 64 heavy (non-hydrogen) atoms. The molecule has 0 amide bonds. The molecule has 4 aromatic carbocycles. The highest BCUT2D eigenvalue weighted by Gasteiger charge is 2.40. The van der Waals surface area contributed by atoms with Gasteiger partial charge in [-0.1, -0.05) is 147 Å². The minimum absolute atomic E-state index is 0.0360. The van der Waals surface area contributed by atoms with E-state index < -0.39 is 0 Å². The maximum Gasteiger partial charge on any atom is 0.183 e. The number of rotatable bonds is 12. The molecule has 3 heterocycles. The molecule has 9 rings (SSSR count). The maximum atomic E-state index is 12.2. The van der Waals surface area contributed by atoms with E-state index in [1.165, 1.54) is 67.3 Å². The molecule has 12 heteroatoms. The second-order valence-corrected chi connectivity index (χ2v) is 20.4. The summed E-state index contributed by atoms with van der Waals surface area (Å²) in [7, 11) is 0. The van der Waals surface area contributed by atoms with E-state index in [0.717, 1.165) is 87.1 Å². The average molecular weight is 959 g/mol. The summed E-state index contributed by atoms with van der Waals surface area (Å²) in [6, 6.07) is 38.3. The first-order valence-corrected chi connectivity index (χ1v) is 25.6. The lowest BCUT2D eigenvalue weighted by Crippen LogP contribution is -2.40. The van der Waals surface area contributed by atoms with Crippen LogP contribution in [0.5, 0.6) is 0 Å². The molecule has 340 valence electrons. The number of benzene rings is 4. The number of carbonyl (C=O) groups excluding carboxylic acids is 1. The summed E-state index contributed by atoms with van der Waals surface area (Å²) in [4.78, 5) is 22.3. The lowest BCUT2D eigenvalue weighted by Gasteiger charge is -2.36. The van der Waals surface area contributed by atoms with Crippen molar-refractivity contribution in [3.8, 4) is 0 Å². The van der Waals surface area contributed by atoms with Crippen molar-refractivity contribution < 1.29 is 4.79 Å². The van der Waals surface area contributed by atoms with Crippen molar-refractivity contribution in [2.45, 2.75) is 113 Å². The number of halogens is 3. The Balaban J connectivity index is 0.000000157. The molecule has 2 aliphatic carbocycles. The molecule has 2 saturated heterocycles. The number of Topliss-reactive ketones (excluding diaryl/α,β-unsaturated/α-hetero) is 1. The molecule has 2 saturated carbocycles. The van der Waals surface area contributed by atoms with Gasteiger partial charge in [-0.3, -0.25) is 14.6 Å². The zero-order valence-corrected chi connectivity index (χ0v) is 40.7. The maximum absolute atomic E-state index is 12.2. The quantitative estimate of drug-likeness (QED) is 0.0842.